The molecule has 17 heteroatoms. The van der Waals surface area contributed by atoms with Crippen molar-refractivity contribution in [2.75, 3.05) is 27.9 Å². The maximum atomic E-state index is 14.5. The van der Waals surface area contributed by atoms with Crippen LogP contribution in [0.1, 0.15) is 132 Å². The Morgan fingerprint density at radius 1 is 0.884 bits per heavy atom. The highest BCUT2D eigenvalue weighted by Crippen LogP contribution is 2.39. The van der Waals surface area contributed by atoms with Crippen LogP contribution in [0.4, 0.5) is 0 Å². The number of aliphatic hydroxyl groups is 2. The first kappa shape index (κ1) is 55.7. The third kappa shape index (κ3) is 14.2. The Labute approximate surface area is 408 Å². The van der Waals surface area contributed by atoms with Gasteiger partial charge in [-0.15, -0.1) is 10.2 Å². The lowest BCUT2D eigenvalue weighted by molar-refractivity contribution is -0.265. The lowest BCUT2D eigenvalue weighted by Gasteiger charge is -2.42. The van der Waals surface area contributed by atoms with Gasteiger partial charge in [-0.05, 0) is 112 Å². The van der Waals surface area contributed by atoms with Gasteiger partial charge in [-0.25, -0.2) is 4.79 Å². The van der Waals surface area contributed by atoms with Crippen LogP contribution < -0.4 is 0 Å². The number of tetrazole rings is 1. The van der Waals surface area contributed by atoms with Crippen LogP contribution in [0.3, 0.4) is 0 Å². The summed E-state index contributed by atoms with van der Waals surface area (Å²) >= 11 is 0. The van der Waals surface area contributed by atoms with Crippen molar-refractivity contribution in [3.63, 3.8) is 0 Å². The first-order valence-corrected chi connectivity index (χ1v) is 25.0. The van der Waals surface area contributed by atoms with Crippen molar-refractivity contribution < 1.29 is 57.9 Å². The van der Waals surface area contributed by atoms with Gasteiger partial charge in [-0.3, -0.25) is 19.2 Å². The Kier molecular flexibility index (Phi) is 20.8. The van der Waals surface area contributed by atoms with E-state index in [4.69, 9.17) is 23.7 Å². The number of carbonyl (C=O) groups is 5. The van der Waals surface area contributed by atoms with Crippen molar-refractivity contribution in [2.24, 2.45) is 35.5 Å². The molecule has 384 valence electrons. The fourth-order valence-electron chi connectivity index (χ4n) is 10.7. The Morgan fingerprint density at radius 2 is 1.64 bits per heavy atom. The molecule has 1 aromatic rings. The maximum absolute atomic E-state index is 14.5. The number of carbonyl (C=O) groups excluding carboxylic acids is 5. The van der Waals surface area contributed by atoms with Crippen molar-refractivity contribution in [1.82, 2.24) is 25.1 Å². The van der Waals surface area contributed by atoms with Gasteiger partial charge in [0, 0.05) is 58.5 Å². The zero-order valence-corrected chi connectivity index (χ0v) is 42.5. The normalized spacial score (nSPS) is 38.8. The number of aromatic nitrogens is 4. The van der Waals surface area contributed by atoms with E-state index >= 15 is 0 Å². The lowest BCUT2D eigenvalue weighted by Crippen LogP contribution is -2.61. The van der Waals surface area contributed by atoms with Crippen molar-refractivity contribution in [3.05, 3.63) is 53.9 Å². The number of rotatable bonds is 7. The van der Waals surface area contributed by atoms with Crippen LogP contribution >= 0.6 is 0 Å². The summed E-state index contributed by atoms with van der Waals surface area (Å²) in [6, 6.07) is -1.24. The second kappa shape index (κ2) is 25.7. The number of allylic oxidation sites excluding steroid dienone is 6. The molecule has 2 N–H and O–H groups in total. The Bertz CT molecular complexity index is 2020. The number of cyclic esters (lactones) is 1. The minimum absolute atomic E-state index is 0.0168. The van der Waals surface area contributed by atoms with Crippen molar-refractivity contribution in [1.29, 1.82) is 0 Å². The molecule has 2 saturated heterocycles. The van der Waals surface area contributed by atoms with E-state index in [9.17, 15) is 34.2 Å². The van der Waals surface area contributed by atoms with Crippen LogP contribution in [0, 0.1) is 35.5 Å². The molecule has 3 aliphatic heterocycles. The number of hydrogen-bond donors (Lipinski definition) is 2. The molecule has 0 aromatic carbocycles. The van der Waals surface area contributed by atoms with Crippen LogP contribution in [0.5, 0.6) is 0 Å². The summed E-state index contributed by atoms with van der Waals surface area (Å²) in [6.07, 6.45) is 13.7. The van der Waals surface area contributed by atoms with Gasteiger partial charge in [-0.1, -0.05) is 71.1 Å². The molecule has 0 spiro atoms. The van der Waals surface area contributed by atoms with Gasteiger partial charge < -0.3 is 38.8 Å². The largest absolute Gasteiger partial charge is 0.460 e. The van der Waals surface area contributed by atoms with Gasteiger partial charge in [0.15, 0.2) is 12.1 Å². The highest BCUT2D eigenvalue weighted by atomic mass is 16.6. The van der Waals surface area contributed by atoms with Gasteiger partial charge >= 0.3 is 5.97 Å². The summed E-state index contributed by atoms with van der Waals surface area (Å²) in [5.74, 6) is -7.94. The minimum Gasteiger partial charge on any atom is -0.460 e. The number of ether oxygens (including phenoxy) is 5. The first-order chi connectivity index (χ1) is 32.8. The average Bonchev–Trinajstić information content (AvgIpc) is 3.88. The second-order valence-electron chi connectivity index (χ2n) is 20.3. The van der Waals surface area contributed by atoms with Gasteiger partial charge in [0.1, 0.15) is 30.1 Å². The summed E-state index contributed by atoms with van der Waals surface area (Å²) in [4.78, 5) is 73.9. The zero-order chi connectivity index (χ0) is 50.6. The summed E-state index contributed by atoms with van der Waals surface area (Å²) in [6.45, 7) is 12.8. The smallest absolute Gasteiger partial charge is 0.329 e. The molecule has 4 heterocycles. The summed E-state index contributed by atoms with van der Waals surface area (Å²) in [5.41, 5.74) is 1.27. The molecule has 1 saturated carbocycles. The number of ketones is 3. The molecule has 1 aliphatic carbocycles. The fourth-order valence-corrected chi connectivity index (χ4v) is 10.7. The second-order valence-corrected chi connectivity index (χ2v) is 20.3. The maximum Gasteiger partial charge on any atom is 0.329 e. The van der Waals surface area contributed by atoms with Crippen molar-refractivity contribution in [2.45, 2.75) is 180 Å². The summed E-state index contributed by atoms with van der Waals surface area (Å²) in [5, 5.41) is 35.7. The predicted molar refractivity (Wildman–Crippen MR) is 256 cm³/mol. The molecule has 15 atom stereocenters. The number of methoxy groups -OCH3 is 3. The van der Waals surface area contributed by atoms with Gasteiger partial charge in [-0.2, -0.15) is 4.80 Å². The first-order valence-electron chi connectivity index (χ1n) is 25.0. The highest BCUT2D eigenvalue weighted by Gasteiger charge is 2.53. The molecule has 1 amide bonds. The number of Topliss-reactive ketones (excluding diaryl/α,β-unsaturated/α-hetero) is 3. The topological polar surface area (TPSA) is 219 Å². The molecule has 69 heavy (non-hydrogen) atoms. The molecule has 0 radical (unpaired) electrons. The fraction of sp³-hybridized carbons (Fsp3) is 0.731. The summed E-state index contributed by atoms with van der Waals surface area (Å²) < 4.78 is 29.9. The van der Waals surface area contributed by atoms with Gasteiger partial charge in [0.2, 0.25) is 5.79 Å². The third-order valence-corrected chi connectivity index (χ3v) is 15.1. The van der Waals surface area contributed by atoms with Gasteiger partial charge in [0.05, 0.1) is 24.4 Å². The van der Waals surface area contributed by atoms with E-state index < -0.39 is 77.8 Å². The number of nitrogens with zero attached hydrogens (tertiary/aromatic N) is 5. The van der Waals surface area contributed by atoms with Crippen LogP contribution in [0.2, 0.25) is 0 Å². The Hall–Kier alpha value is -4.26. The van der Waals surface area contributed by atoms with E-state index in [0.717, 1.165) is 18.4 Å². The van der Waals surface area contributed by atoms with Crippen LogP contribution in [-0.4, -0.2) is 141 Å². The van der Waals surface area contributed by atoms with E-state index in [1.807, 2.05) is 58.1 Å². The molecule has 2 bridgehead atoms. The quantitative estimate of drug-likeness (QED) is 0.181. The molecule has 3 fully saturated rings. The SMILES string of the molecule is COC1CC(CC(C)[C@@H]2CC(=O)C(C)/C=C(\C)[C@@H](O)C(OC)C(=O)C(C)CC(C)/C=C/C=C/C=C(\C)[C@@H](OC)C[C@@H]3CCC(C)C(O)(O3)C(=O)C(=O)N3CCCCC3C(=O)O2)CCC1n1ncnn1. The van der Waals surface area contributed by atoms with Crippen molar-refractivity contribution >= 4 is 29.2 Å². The lowest BCUT2D eigenvalue weighted by atomic mass is 9.77. The number of amides is 1. The summed E-state index contributed by atoms with van der Waals surface area (Å²) in [7, 11) is 4.61. The highest BCUT2D eigenvalue weighted by molar-refractivity contribution is 6.39. The predicted octanol–water partition coefficient (Wildman–Crippen LogP) is 6.05. The van der Waals surface area contributed by atoms with Crippen molar-refractivity contribution in [3.8, 4) is 0 Å². The number of piperidine rings is 1. The van der Waals surface area contributed by atoms with Crippen LogP contribution in [0.25, 0.3) is 0 Å². The van der Waals surface area contributed by atoms with Crippen LogP contribution in [0.15, 0.2) is 53.9 Å². The number of fused-ring (bicyclic) bond motifs is 3. The van der Waals surface area contributed by atoms with E-state index in [1.165, 1.54) is 18.3 Å². The molecule has 1 aromatic heterocycles. The number of aliphatic hydroxyl groups excluding tert-OH is 1. The molecular formula is C52H79N5O12. The van der Waals surface area contributed by atoms with E-state index in [0.29, 0.717) is 56.9 Å². The van der Waals surface area contributed by atoms with Crippen LogP contribution in [-0.2, 0) is 47.7 Å². The number of hydrogen-bond acceptors (Lipinski definition) is 15. The molecular weight excluding hydrogens is 887 g/mol. The molecule has 11 unspecified atom stereocenters. The van der Waals surface area contributed by atoms with E-state index in [2.05, 4.69) is 15.4 Å². The third-order valence-electron chi connectivity index (χ3n) is 15.1. The average molecular weight is 966 g/mol. The number of esters is 1. The monoisotopic (exact) mass is 966 g/mol. The Balaban J connectivity index is 1.46. The van der Waals surface area contributed by atoms with E-state index in [-0.39, 0.29) is 60.9 Å². The molecule has 5 rings (SSSR count). The Morgan fingerprint density at radius 3 is 2.32 bits per heavy atom. The molecule has 4 aliphatic rings. The zero-order valence-electron chi connectivity index (χ0n) is 42.5. The molecule has 17 nitrogen and oxygen atoms in total. The standard InChI is InChI=1S/C52H79N5O12/c1-31-16-12-11-13-17-32(2)43(65-8)28-39-21-19-37(7)52(64,69-39)49(61)50(62)56-23-15-14-18-41(56)51(63)68-44(34(4)26-38-20-22-40(45(27-38)66-9)57-54-30-53-55-57)29-42(58)33(3)25-36(6)47(60)48(67-10)46(59)35(5)24-31/h11-13,16-17,25,30-31,33-35,37-41,43-45,47-48,60,64H,14-15,18-24,26-29H2,1-10H3/b13-11+,16-12+,32-17+,36-25+/t31?,33?,34?,35?,37?,38?,39-,40?,41?,43-,44-,45?,47+,48?,52?/m0/s1. The minimum atomic E-state index is -2.43. The van der Waals surface area contributed by atoms with Gasteiger partial charge in [0.25, 0.3) is 11.7 Å². The van der Waals surface area contributed by atoms with E-state index in [1.54, 1.807) is 45.9 Å².